The molecule has 1 aromatic heterocycles. The van der Waals surface area contributed by atoms with Crippen LogP contribution in [0.1, 0.15) is 28.3 Å². The lowest BCUT2D eigenvalue weighted by molar-refractivity contribution is 0.505. The van der Waals surface area contributed by atoms with Gasteiger partial charge in [-0.25, -0.2) is 8.78 Å². The maximum absolute atomic E-state index is 13.3. The normalized spacial score (nSPS) is 12.7. The van der Waals surface area contributed by atoms with E-state index in [1.165, 1.54) is 17.0 Å². The lowest BCUT2D eigenvalue weighted by atomic mass is 10.1. The summed E-state index contributed by atoms with van der Waals surface area (Å²) in [5.41, 5.74) is 0.737. The monoisotopic (exact) mass is 267 g/mol. The summed E-state index contributed by atoms with van der Waals surface area (Å²) in [5, 5.41) is 3.14. The van der Waals surface area contributed by atoms with Crippen LogP contribution in [0, 0.1) is 11.6 Å². The SMILES string of the molecule is CCc1ccc(C(NC)c2ccc(F)c(F)c2)s1. The predicted molar refractivity (Wildman–Crippen MR) is 71.0 cm³/mol. The molecule has 1 unspecified atom stereocenters. The minimum atomic E-state index is -0.811. The molecule has 0 amide bonds. The molecule has 1 aromatic carbocycles. The first-order valence-corrected chi connectivity index (χ1v) is 6.68. The molecule has 0 saturated carbocycles. The number of nitrogens with one attached hydrogen (secondary N) is 1. The molecule has 0 fully saturated rings. The van der Waals surface area contributed by atoms with Gasteiger partial charge in [0.2, 0.25) is 0 Å². The molecule has 0 radical (unpaired) electrons. The first kappa shape index (κ1) is 13.2. The second-order valence-electron chi connectivity index (χ2n) is 4.05. The Kier molecular flexibility index (Phi) is 4.09. The highest BCUT2D eigenvalue weighted by Crippen LogP contribution is 2.29. The topological polar surface area (TPSA) is 12.0 Å². The van der Waals surface area contributed by atoms with Crippen molar-refractivity contribution in [2.45, 2.75) is 19.4 Å². The Morgan fingerprint density at radius 3 is 2.50 bits per heavy atom. The molecule has 1 N–H and O–H groups in total. The largest absolute Gasteiger partial charge is 0.309 e. The van der Waals surface area contributed by atoms with Crippen molar-refractivity contribution in [2.24, 2.45) is 0 Å². The van der Waals surface area contributed by atoms with Crippen LogP contribution >= 0.6 is 11.3 Å². The molecule has 2 rings (SSSR count). The third kappa shape index (κ3) is 2.60. The molecule has 0 saturated heterocycles. The fourth-order valence-electron chi connectivity index (χ4n) is 1.90. The van der Waals surface area contributed by atoms with E-state index < -0.39 is 11.6 Å². The van der Waals surface area contributed by atoms with Gasteiger partial charge in [-0.05, 0) is 43.3 Å². The molecule has 0 aliphatic heterocycles. The van der Waals surface area contributed by atoms with Gasteiger partial charge in [0.25, 0.3) is 0 Å². The van der Waals surface area contributed by atoms with Gasteiger partial charge in [0.15, 0.2) is 11.6 Å². The zero-order valence-corrected chi connectivity index (χ0v) is 11.2. The Morgan fingerprint density at radius 2 is 1.94 bits per heavy atom. The van der Waals surface area contributed by atoms with E-state index in [0.29, 0.717) is 0 Å². The van der Waals surface area contributed by atoms with Gasteiger partial charge >= 0.3 is 0 Å². The number of thiophene rings is 1. The van der Waals surface area contributed by atoms with E-state index in [1.54, 1.807) is 17.4 Å². The number of hydrogen-bond donors (Lipinski definition) is 1. The van der Waals surface area contributed by atoms with Crippen molar-refractivity contribution in [1.82, 2.24) is 5.32 Å². The maximum Gasteiger partial charge on any atom is 0.159 e. The Balaban J connectivity index is 2.35. The average Bonchev–Trinajstić information content (AvgIpc) is 2.83. The van der Waals surface area contributed by atoms with Crippen molar-refractivity contribution in [1.29, 1.82) is 0 Å². The van der Waals surface area contributed by atoms with Crippen molar-refractivity contribution in [3.8, 4) is 0 Å². The van der Waals surface area contributed by atoms with Crippen LogP contribution in [0.15, 0.2) is 30.3 Å². The van der Waals surface area contributed by atoms with E-state index in [9.17, 15) is 8.78 Å². The van der Waals surface area contributed by atoms with Crippen molar-refractivity contribution in [3.05, 3.63) is 57.3 Å². The summed E-state index contributed by atoms with van der Waals surface area (Å²) in [5.74, 6) is -1.62. The summed E-state index contributed by atoms with van der Waals surface area (Å²) in [4.78, 5) is 2.40. The lowest BCUT2D eigenvalue weighted by Gasteiger charge is -2.15. The van der Waals surface area contributed by atoms with Crippen LogP contribution in [-0.2, 0) is 6.42 Å². The van der Waals surface area contributed by atoms with Crippen LogP contribution in [0.25, 0.3) is 0 Å². The first-order chi connectivity index (χ1) is 8.65. The Labute approximate surface area is 109 Å². The molecular weight excluding hydrogens is 252 g/mol. The van der Waals surface area contributed by atoms with Gasteiger partial charge in [0.1, 0.15) is 0 Å². The molecule has 1 atom stereocenters. The average molecular weight is 267 g/mol. The van der Waals surface area contributed by atoms with E-state index >= 15 is 0 Å². The van der Waals surface area contributed by atoms with Gasteiger partial charge in [-0.2, -0.15) is 0 Å². The molecular formula is C14H15F2NS. The van der Waals surface area contributed by atoms with Gasteiger partial charge in [0, 0.05) is 9.75 Å². The summed E-state index contributed by atoms with van der Waals surface area (Å²) in [6.45, 7) is 2.10. The van der Waals surface area contributed by atoms with Crippen LogP contribution in [0.3, 0.4) is 0 Å². The minimum absolute atomic E-state index is 0.0922. The van der Waals surface area contributed by atoms with Crippen molar-refractivity contribution < 1.29 is 8.78 Å². The van der Waals surface area contributed by atoms with Crippen LogP contribution < -0.4 is 5.32 Å². The summed E-state index contributed by atoms with van der Waals surface area (Å²) in [6, 6.07) is 8.05. The quantitative estimate of drug-likeness (QED) is 0.886. The molecule has 0 aliphatic carbocycles. The molecule has 4 heteroatoms. The predicted octanol–water partition coefficient (Wildman–Crippen LogP) is 3.90. The molecule has 0 aliphatic rings. The second-order valence-corrected chi connectivity index (χ2v) is 5.25. The third-order valence-electron chi connectivity index (χ3n) is 2.88. The Hall–Kier alpha value is -1.26. The molecule has 0 bridgehead atoms. The summed E-state index contributed by atoms with van der Waals surface area (Å²) >= 11 is 1.69. The van der Waals surface area contributed by atoms with Gasteiger partial charge in [-0.15, -0.1) is 11.3 Å². The zero-order valence-electron chi connectivity index (χ0n) is 10.3. The van der Waals surface area contributed by atoms with Crippen molar-refractivity contribution in [3.63, 3.8) is 0 Å². The third-order valence-corrected chi connectivity index (χ3v) is 4.18. The molecule has 18 heavy (non-hydrogen) atoms. The van der Waals surface area contributed by atoms with Gasteiger partial charge in [-0.1, -0.05) is 13.0 Å². The lowest BCUT2D eigenvalue weighted by Crippen LogP contribution is -2.16. The number of benzene rings is 1. The summed E-state index contributed by atoms with van der Waals surface area (Å²) in [7, 11) is 1.82. The van der Waals surface area contributed by atoms with Gasteiger partial charge in [-0.3, -0.25) is 0 Å². The highest BCUT2D eigenvalue weighted by Gasteiger charge is 2.15. The smallest absolute Gasteiger partial charge is 0.159 e. The fraction of sp³-hybridized carbons (Fsp3) is 0.286. The number of rotatable bonds is 4. The number of hydrogen-bond acceptors (Lipinski definition) is 2. The van der Waals surface area contributed by atoms with Gasteiger partial charge in [0.05, 0.1) is 6.04 Å². The van der Waals surface area contributed by atoms with E-state index in [0.717, 1.165) is 16.9 Å². The summed E-state index contributed by atoms with van der Waals surface area (Å²) < 4.78 is 26.2. The van der Waals surface area contributed by atoms with Crippen LogP contribution in [0.2, 0.25) is 0 Å². The number of aryl methyl sites for hydroxylation is 1. The first-order valence-electron chi connectivity index (χ1n) is 5.86. The van der Waals surface area contributed by atoms with Crippen LogP contribution in [0.4, 0.5) is 8.78 Å². The highest BCUT2D eigenvalue weighted by atomic mass is 32.1. The van der Waals surface area contributed by atoms with E-state index in [4.69, 9.17) is 0 Å². The highest BCUT2D eigenvalue weighted by molar-refractivity contribution is 7.12. The maximum atomic E-state index is 13.3. The molecule has 2 aromatic rings. The standard InChI is InChI=1S/C14H15F2NS/c1-3-10-5-7-13(18-10)14(17-2)9-4-6-11(15)12(16)8-9/h4-8,14,17H,3H2,1-2H3. The van der Waals surface area contributed by atoms with Gasteiger partial charge < -0.3 is 5.32 Å². The summed E-state index contributed by atoms with van der Waals surface area (Å²) in [6.07, 6.45) is 0.985. The van der Waals surface area contributed by atoms with E-state index in [1.807, 2.05) is 13.1 Å². The van der Waals surface area contributed by atoms with Crippen LogP contribution in [0.5, 0.6) is 0 Å². The second kappa shape index (κ2) is 5.59. The van der Waals surface area contributed by atoms with Crippen molar-refractivity contribution >= 4 is 11.3 Å². The Morgan fingerprint density at radius 1 is 1.17 bits per heavy atom. The van der Waals surface area contributed by atoms with Crippen LogP contribution in [-0.4, -0.2) is 7.05 Å². The molecule has 1 nitrogen and oxygen atoms in total. The fourth-order valence-corrected chi connectivity index (χ4v) is 3.00. The number of halogens is 2. The molecule has 1 heterocycles. The molecule has 0 spiro atoms. The zero-order chi connectivity index (χ0) is 13.1. The Bertz CT molecular complexity index is 536. The minimum Gasteiger partial charge on any atom is -0.309 e. The van der Waals surface area contributed by atoms with Crippen molar-refractivity contribution in [2.75, 3.05) is 7.05 Å². The van der Waals surface area contributed by atoms with E-state index in [2.05, 4.69) is 18.3 Å². The van der Waals surface area contributed by atoms with E-state index in [-0.39, 0.29) is 6.04 Å². The molecule has 96 valence electrons.